The van der Waals surface area contributed by atoms with Gasteiger partial charge in [-0.15, -0.1) is 0 Å². The van der Waals surface area contributed by atoms with Gasteiger partial charge in [0.2, 0.25) is 0 Å². The van der Waals surface area contributed by atoms with E-state index in [2.05, 4.69) is 20.7 Å². The first kappa shape index (κ1) is 15.6. The van der Waals surface area contributed by atoms with Gasteiger partial charge in [0.15, 0.2) is 5.82 Å². The van der Waals surface area contributed by atoms with E-state index in [9.17, 15) is 12.8 Å². The molecule has 0 aliphatic heterocycles. The highest BCUT2D eigenvalue weighted by Crippen LogP contribution is 2.29. The first-order valence-corrected chi connectivity index (χ1v) is 8.26. The average Bonchev–Trinajstić information content (AvgIpc) is 2.35. The molecule has 0 unspecified atom stereocenters. The van der Waals surface area contributed by atoms with Gasteiger partial charge in [-0.1, -0.05) is 45.2 Å². The van der Waals surface area contributed by atoms with E-state index in [-0.39, 0.29) is 20.6 Å². The molecule has 0 saturated heterocycles. The minimum absolute atomic E-state index is 0.0587. The molecule has 1 N–H and O–H groups in total. The molecule has 0 aliphatic rings. The molecule has 2 aromatic carbocycles. The van der Waals surface area contributed by atoms with Crippen molar-refractivity contribution in [3.63, 3.8) is 0 Å². The van der Waals surface area contributed by atoms with E-state index in [0.717, 1.165) is 12.1 Å². The Balaban J connectivity index is 2.38. The van der Waals surface area contributed by atoms with Crippen molar-refractivity contribution in [2.75, 3.05) is 4.72 Å². The summed E-state index contributed by atoms with van der Waals surface area (Å²) in [6.07, 6.45) is 0. The van der Waals surface area contributed by atoms with Crippen LogP contribution in [-0.4, -0.2) is 8.42 Å². The van der Waals surface area contributed by atoms with Crippen LogP contribution in [0, 0.1) is 5.82 Å². The Labute approximate surface area is 133 Å². The summed E-state index contributed by atoms with van der Waals surface area (Å²) in [4.78, 5) is 0.0587. The molecule has 0 heterocycles. The third-order valence-corrected chi connectivity index (χ3v) is 4.76. The van der Waals surface area contributed by atoms with Crippen molar-refractivity contribution in [3.8, 4) is 0 Å². The minimum Gasteiger partial charge on any atom is -0.280 e. The van der Waals surface area contributed by atoms with Crippen molar-refractivity contribution < 1.29 is 12.8 Å². The second-order valence-electron chi connectivity index (χ2n) is 3.82. The molecule has 0 fully saturated rings. The summed E-state index contributed by atoms with van der Waals surface area (Å²) < 4.78 is 40.5. The molecule has 20 heavy (non-hydrogen) atoms. The lowest BCUT2D eigenvalue weighted by molar-refractivity contribution is 0.601. The highest BCUT2D eigenvalue weighted by molar-refractivity contribution is 9.10. The van der Waals surface area contributed by atoms with Gasteiger partial charge in [-0.2, -0.15) is 0 Å². The molecule has 0 bridgehead atoms. The fraction of sp³-hybridized carbons (Fsp3) is 0. The van der Waals surface area contributed by atoms with E-state index in [1.165, 1.54) is 12.1 Å². The normalized spacial score (nSPS) is 11.4. The van der Waals surface area contributed by atoms with Gasteiger partial charge in [-0.05, 0) is 30.3 Å². The molecular weight excluding hydrogens is 392 g/mol. The van der Waals surface area contributed by atoms with Crippen LogP contribution in [0.4, 0.5) is 10.1 Å². The van der Waals surface area contributed by atoms with E-state index in [4.69, 9.17) is 23.2 Å². The summed E-state index contributed by atoms with van der Waals surface area (Å²) in [6.45, 7) is 0. The summed E-state index contributed by atoms with van der Waals surface area (Å²) in [6, 6.07) is 8.46. The van der Waals surface area contributed by atoms with Gasteiger partial charge < -0.3 is 0 Å². The number of nitrogens with one attached hydrogen (secondary N) is 1. The van der Waals surface area contributed by atoms with E-state index in [1.807, 2.05) is 0 Å². The van der Waals surface area contributed by atoms with Crippen molar-refractivity contribution in [2.45, 2.75) is 4.90 Å². The third kappa shape index (κ3) is 3.44. The first-order chi connectivity index (χ1) is 9.29. The maximum Gasteiger partial charge on any atom is 0.261 e. The second kappa shape index (κ2) is 5.89. The molecule has 106 valence electrons. The average molecular weight is 399 g/mol. The summed E-state index contributed by atoms with van der Waals surface area (Å²) in [5.41, 5.74) is 0.0846. The smallest absolute Gasteiger partial charge is 0.261 e. The van der Waals surface area contributed by atoms with E-state index < -0.39 is 15.8 Å². The number of halogens is 4. The van der Waals surface area contributed by atoms with Gasteiger partial charge in [-0.25, -0.2) is 12.8 Å². The van der Waals surface area contributed by atoms with Crippen LogP contribution in [0.25, 0.3) is 0 Å². The predicted molar refractivity (Wildman–Crippen MR) is 81.4 cm³/mol. The monoisotopic (exact) mass is 397 g/mol. The van der Waals surface area contributed by atoms with Gasteiger partial charge in [0.1, 0.15) is 0 Å². The fourth-order valence-corrected chi connectivity index (χ4v) is 3.59. The quantitative estimate of drug-likeness (QED) is 0.762. The molecular formula is C12H7BrCl2FNO2S. The Kier molecular flexibility index (Phi) is 4.59. The van der Waals surface area contributed by atoms with Crippen molar-refractivity contribution in [2.24, 2.45) is 0 Å². The topological polar surface area (TPSA) is 46.2 Å². The molecule has 0 atom stereocenters. The van der Waals surface area contributed by atoms with Crippen LogP contribution in [0.5, 0.6) is 0 Å². The number of hydrogen-bond donors (Lipinski definition) is 1. The number of anilines is 1. The van der Waals surface area contributed by atoms with Crippen molar-refractivity contribution in [3.05, 3.63) is 56.7 Å². The van der Waals surface area contributed by atoms with Gasteiger partial charge in [0.25, 0.3) is 10.0 Å². The lowest BCUT2D eigenvalue weighted by Crippen LogP contribution is -2.13. The van der Waals surface area contributed by atoms with Crippen molar-refractivity contribution in [1.82, 2.24) is 0 Å². The largest absolute Gasteiger partial charge is 0.280 e. The Hall–Kier alpha value is -0.820. The zero-order valence-corrected chi connectivity index (χ0v) is 13.6. The maximum atomic E-state index is 13.3. The van der Waals surface area contributed by atoms with Crippen molar-refractivity contribution in [1.29, 1.82) is 0 Å². The summed E-state index contributed by atoms with van der Waals surface area (Å²) in [5, 5.41) is -0.520. The molecule has 3 nitrogen and oxygen atoms in total. The Morgan fingerprint density at radius 1 is 1.10 bits per heavy atom. The Morgan fingerprint density at radius 2 is 1.70 bits per heavy atom. The van der Waals surface area contributed by atoms with Crippen LogP contribution in [-0.2, 0) is 10.0 Å². The van der Waals surface area contributed by atoms with Crippen LogP contribution in [0.1, 0.15) is 0 Å². The number of sulfonamides is 1. The molecule has 0 spiro atoms. The minimum atomic E-state index is -3.80. The van der Waals surface area contributed by atoms with Crippen LogP contribution in [0.15, 0.2) is 45.8 Å². The molecule has 0 aromatic heterocycles. The molecule has 2 rings (SSSR count). The Morgan fingerprint density at radius 3 is 2.25 bits per heavy atom. The van der Waals surface area contributed by atoms with E-state index in [1.54, 1.807) is 12.1 Å². The first-order valence-electron chi connectivity index (χ1n) is 5.22. The van der Waals surface area contributed by atoms with E-state index in [0.29, 0.717) is 4.47 Å². The van der Waals surface area contributed by atoms with Crippen LogP contribution >= 0.6 is 39.1 Å². The fourth-order valence-electron chi connectivity index (χ4n) is 1.46. The predicted octanol–water partition coefficient (Wildman–Crippen LogP) is 4.70. The zero-order chi connectivity index (χ0) is 14.9. The van der Waals surface area contributed by atoms with Gasteiger partial charge >= 0.3 is 0 Å². The zero-order valence-electron chi connectivity index (χ0n) is 9.70. The summed E-state index contributed by atoms with van der Waals surface area (Å²) in [5.74, 6) is -0.793. The second-order valence-corrected chi connectivity index (χ2v) is 7.23. The Bertz CT molecular complexity index is 745. The molecule has 8 heteroatoms. The van der Waals surface area contributed by atoms with Crippen LogP contribution < -0.4 is 4.72 Å². The molecule has 0 amide bonds. The van der Waals surface area contributed by atoms with Crippen molar-refractivity contribution >= 4 is 54.8 Å². The van der Waals surface area contributed by atoms with E-state index >= 15 is 0 Å². The molecule has 2 aromatic rings. The molecule has 0 saturated carbocycles. The van der Waals surface area contributed by atoms with Gasteiger partial charge in [-0.3, -0.25) is 4.72 Å². The highest BCUT2D eigenvalue weighted by atomic mass is 79.9. The van der Waals surface area contributed by atoms with Gasteiger partial charge in [0, 0.05) is 4.47 Å². The lowest BCUT2D eigenvalue weighted by atomic mass is 10.3. The lowest BCUT2D eigenvalue weighted by Gasteiger charge is -2.09. The number of benzene rings is 2. The molecule has 0 radical (unpaired) electrons. The highest BCUT2D eigenvalue weighted by Gasteiger charge is 2.16. The molecule has 0 aliphatic carbocycles. The summed E-state index contributed by atoms with van der Waals surface area (Å²) >= 11 is 14.4. The number of rotatable bonds is 3. The summed E-state index contributed by atoms with van der Waals surface area (Å²) in [7, 11) is -3.80. The standard InChI is InChI=1S/C12H7BrCl2FNO2S/c13-7-2-1-3-9(4-7)20(18,19)17-8-5-10(14)12(16)11(15)6-8/h1-6,17H. The maximum absolute atomic E-state index is 13.3. The number of hydrogen-bond acceptors (Lipinski definition) is 2. The van der Waals surface area contributed by atoms with Crippen LogP contribution in [0.2, 0.25) is 10.0 Å². The van der Waals surface area contributed by atoms with Crippen LogP contribution in [0.3, 0.4) is 0 Å². The SMILES string of the molecule is O=S(=O)(Nc1cc(Cl)c(F)c(Cl)c1)c1cccc(Br)c1. The third-order valence-electron chi connectivity index (χ3n) is 2.34. The van der Waals surface area contributed by atoms with Gasteiger partial charge in [0.05, 0.1) is 20.6 Å².